The standard InChI is InChI=1S/C43H76O5/c1-4-7-10-13-16-17-18-21-27-32-42(44)47-35-33-40(38-46-37-39-28-23-22-24-29-39)34-36-48-43(45)41(30-25-19-14-11-8-5-2)31-26-20-15-12-9-6-3/h22-24,28-29,40-41H,4-21,25-27,30-38H2,1-3H3. The van der Waals surface area contributed by atoms with E-state index in [9.17, 15) is 9.59 Å². The second-order valence-corrected chi connectivity index (χ2v) is 14.2. The van der Waals surface area contributed by atoms with E-state index in [-0.39, 0.29) is 23.8 Å². The van der Waals surface area contributed by atoms with E-state index in [0.717, 1.165) is 56.9 Å². The van der Waals surface area contributed by atoms with Crippen LogP contribution in [0.3, 0.4) is 0 Å². The Bertz CT molecular complexity index is 825. The molecule has 5 nitrogen and oxygen atoms in total. The number of rotatable bonds is 35. The summed E-state index contributed by atoms with van der Waals surface area (Å²) < 4.78 is 17.6. The molecule has 0 saturated carbocycles. The van der Waals surface area contributed by atoms with Gasteiger partial charge in [0.25, 0.3) is 0 Å². The first kappa shape index (κ1) is 44.1. The number of carbonyl (C=O) groups is 2. The predicted octanol–water partition coefficient (Wildman–Crippen LogP) is 12.7. The second kappa shape index (κ2) is 33.6. The van der Waals surface area contributed by atoms with Crippen molar-refractivity contribution in [3.63, 3.8) is 0 Å². The minimum absolute atomic E-state index is 0.0112. The number of benzene rings is 1. The fourth-order valence-corrected chi connectivity index (χ4v) is 6.39. The molecule has 0 heterocycles. The highest BCUT2D eigenvalue weighted by Crippen LogP contribution is 2.22. The summed E-state index contributed by atoms with van der Waals surface area (Å²) in [5, 5.41) is 0. The first-order valence-electron chi connectivity index (χ1n) is 20.5. The summed E-state index contributed by atoms with van der Waals surface area (Å²) in [5.41, 5.74) is 1.14. The van der Waals surface area contributed by atoms with Gasteiger partial charge in [-0.25, -0.2) is 0 Å². The third-order valence-corrected chi connectivity index (χ3v) is 9.65. The number of unbranched alkanes of at least 4 members (excludes halogenated alkanes) is 18. The molecular weight excluding hydrogens is 596 g/mol. The van der Waals surface area contributed by atoms with Crippen LogP contribution in [0.2, 0.25) is 0 Å². The molecule has 0 fully saturated rings. The summed E-state index contributed by atoms with van der Waals surface area (Å²) in [6, 6.07) is 10.2. The molecule has 1 rings (SSSR count). The highest BCUT2D eigenvalue weighted by Gasteiger charge is 2.20. The lowest BCUT2D eigenvalue weighted by molar-refractivity contribution is -0.149. The van der Waals surface area contributed by atoms with E-state index in [0.29, 0.717) is 32.8 Å². The maximum Gasteiger partial charge on any atom is 0.308 e. The molecule has 0 N–H and O–H groups in total. The average Bonchev–Trinajstić information content (AvgIpc) is 3.09. The van der Waals surface area contributed by atoms with Crippen LogP contribution in [0.1, 0.15) is 193 Å². The number of ether oxygens (including phenoxy) is 3. The van der Waals surface area contributed by atoms with Gasteiger partial charge in [-0.05, 0) is 43.6 Å². The van der Waals surface area contributed by atoms with Gasteiger partial charge < -0.3 is 14.2 Å². The number of hydrogen-bond donors (Lipinski definition) is 0. The molecule has 1 aromatic carbocycles. The Morgan fingerprint density at radius 2 is 1.00 bits per heavy atom. The molecule has 0 aliphatic rings. The minimum atomic E-state index is -0.0967. The topological polar surface area (TPSA) is 61.8 Å². The fraction of sp³-hybridized carbons (Fsp3) is 0.814. The van der Waals surface area contributed by atoms with Crippen LogP contribution in [-0.2, 0) is 30.4 Å². The number of esters is 2. The highest BCUT2D eigenvalue weighted by atomic mass is 16.5. The van der Waals surface area contributed by atoms with Crippen LogP contribution < -0.4 is 0 Å². The lowest BCUT2D eigenvalue weighted by atomic mass is 9.94. The van der Waals surface area contributed by atoms with Gasteiger partial charge in [0.1, 0.15) is 0 Å². The van der Waals surface area contributed by atoms with Gasteiger partial charge in [0.15, 0.2) is 0 Å². The number of carbonyl (C=O) groups excluding carboxylic acids is 2. The molecule has 1 unspecified atom stereocenters. The third-order valence-electron chi connectivity index (χ3n) is 9.65. The number of hydrogen-bond acceptors (Lipinski definition) is 5. The van der Waals surface area contributed by atoms with Crippen LogP contribution in [0.4, 0.5) is 0 Å². The second-order valence-electron chi connectivity index (χ2n) is 14.2. The average molecular weight is 673 g/mol. The zero-order valence-corrected chi connectivity index (χ0v) is 31.8. The Morgan fingerprint density at radius 1 is 0.542 bits per heavy atom. The Balaban J connectivity index is 2.49. The van der Waals surface area contributed by atoms with Gasteiger partial charge in [0.05, 0.1) is 32.3 Å². The smallest absolute Gasteiger partial charge is 0.308 e. The Hall–Kier alpha value is -1.88. The van der Waals surface area contributed by atoms with Gasteiger partial charge in [-0.1, -0.05) is 180 Å². The van der Waals surface area contributed by atoms with E-state index < -0.39 is 0 Å². The van der Waals surface area contributed by atoms with Crippen molar-refractivity contribution in [2.75, 3.05) is 19.8 Å². The van der Waals surface area contributed by atoms with Gasteiger partial charge in [0.2, 0.25) is 0 Å². The molecule has 0 saturated heterocycles. The van der Waals surface area contributed by atoms with Crippen LogP contribution in [0.15, 0.2) is 30.3 Å². The molecule has 0 radical (unpaired) electrons. The van der Waals surface area contributed by atoms with Crippen LogP contribution in [-0.4, -0.2) is 31.8 Å². The zero-order chi connectivity index (χ0) is 34.8. The lowest BCUT2D eigenvalue weighted by Crippen LogP contribution is -2.21. The summed E-state index contributed by atoms with van der Waals surface area (Å²) in [4.78, 5) is 25.7. The molecule has 1 aromatic rings. The van der Waals surface area contributed by atoms with Crippen LogP contribution >= 0.6 is 0 Å². The quantitative estimate of drug-likeness (QED) is 0.0530. The van der Waals surface area contributed by atoms with Gasteiger partial charge in [-0.2, -0.15) is 0 Å². The summed E-state index contributed by atoms with van der Waals surface area (Å²) in [7, 11) is 0. The van der Waals surface area contributed by atoms with Gasteiger partial charge in [-0.15, -0.1) is 0 Å². The maximum atomic E-state index is 13.3. The van der Waals surface area contributed by atoms with Crippen molar-refractivity contribution in [1.82, 2.24) is 0 Å². The molecule has 48 heavy (non-hydrogen) atoms. The molecule has 0 aromatic heterocycles. The third kappa shape index (κ3) is 27.0. The van der Waals surface area contributed by atoms with Crippen molar-refractivity contribution in [2.45, 2.75) is 194 Å². The summed E-state index contributed by atoms with van der Waals surface area (Å²) in [5.74, 6) is 0.0590. The van der Waals surface area contributed by atoms with Crippen molar-refractivity contribution < 1.29 is 23.8 Å². The summed E-state index contributed by atoms with van der Waals surface area (Å²) in [6.45, 7) is 8.64. The van der Waals surface area contributed by atoms with Crippen molar-refractivity contribution in [3.05, 3.63) is 35.9 Å². The van der Waals surface area contributed by atoms with Gasteiger partial charge in [0, 0.05) is 6.42 Å². The van der Waals surface area contributed by atoms with E-state index in [1.807, 2.05) is 18.2 Å². The van der Waals surface area contributed by atoms with Crippen molar-refractivity contribution in [3.8, 4) is 0 Å². The van der Waals surface area contributed by atoms with E-state index in [2.05, 4.69) is 32.9 Å². The van der Waals surface area contributed by atoms with E-state index >= 15 is 0 Å². The minimum Gasteiger partial charge on any atom is -0.466 e. The highest BCUT2D eigenvalue weighted by molar-refractivity contribution is 5.72. The largest absolute Gasteiger partial charge is 0.466 e. The molecule has 0 aliphatic heterocycles. The van der Waals surface area contributed by atoms with E-state index in [1.54, 1.807) is 0 Å². The summed E-state index contributed by atoms with van der Waals surface area (Å²) in [6.07, 6.45) is 29.8. The van der Waals surface area contributed by atoms with Crippen molar-refractivity contribution in [2.24, 2.45) is 11.8 Å². The molecule has 5 heteroatoms. The lowest BCUT2D eigenvalue weighted by Gasteiger charge is -2.19. The first-order valence-corrected chi connectivity index (χ1v) is 20.5. The fourth-order valence-electron chi connectivity index (χ4n) is 6.39. The molecule has 0 spiro atoms. The molecule has 0 amide bonds. The Kier molecular flexibility index (Phi) is 30.9. The van der Waals surface area contributed by atoms with Gasteiger partial charge in [-0.3, -0.25) is 9.59 Å². The molecule has 0 aliphatic carbocycles. The van der Waals surface area contributed by atoms with Crippen LogP contribution in [0.5, 0.6) is 0 Å². The summed E-state index contributed by atoms with van der Waals surface area (Å²) >= 11 is 0. The maximum absolute atomic E-state index is 13.3. The van der Waals surface area contributed by atoms with Crippen LogP contribution in [0.25, 0.3) is 0 Å². The molecule has 0 bridgehead atoms. The zero-order valence-electron chi connectivity index (χ0n) is 31.8. The van der Waals surface area contributed by atoms with Crippen molar-refractivity contribution in [1.29, 1.82) is 0 Å². The monoisotopic (exact) mass is 673 g/mol. The van der Waals surface area contributed by atoms with Gasteiger partial charge >= 0.3 is 11.9 Å². The van der Waals surface area contributed by atoms with E-state index in [4.69, 9.17) is 14.2 Å². The SMILES string of the molecule is CCCCCCCCCCCC(=O)OCCC(CCOC(=O)C(CCCCCCCC)CCCCCCCC)COCc1ccccc1. The molecule has 278 valence electrons. The predicted molar refractivity (Wildman–Crippen MR) is 202 cm³/mol. The first-order chi connectivity index (χ1) is 23.6. The van der Waals surface area contributed by atoms with E-state index in [1.165, 1.54) is 109 Å². The Labute approximate surface area is 297 Å². The molecule has 1 atom stereocenters. The normalized spacial score (nSPS) is 12.0. The molecular formula is C43H76O5. The van der Waals surface area contributed by atoms with Crippen LogP contribution in [0, 0.1) is 11.8 Å². The Morgan fingerprint density at radius 3 is 1.52 bits per heavy atom. The van der Waals surface area contributed by atoms with Crippen molar-refractivity contribution >= 4 is 11.9 Å².